The average Bonchev–Trinajstić information content (AvgIpc) is 2.88. The Morgan fingerprint density at radius 2 is 1.86 bits per heavy atom. The van der Waals surface area contributed by atoms with E-state index in [1.807, 2.05) is 40.1 Å². The van der Waals surface area contributed by atoms with Gasteiger partial charge in [-0.15, -0.1) is 0 Å². The van der Waals surface area contributed by atoms with Gasteiger partial charge < -0.3 is 14.4 Å². The zero-order valence-corrected chi connectivity index (χ0v) is 18.5. The highest BCUT2D eigenvalue weighted by Gasteiger charge is 2.51. The maximum absolute atomic E-state index is 9.23. The standard InChI is InChI=1S/C20H34BN3O3S/c1-19(2)20(3,4)27-21(26-19)16-14-22-18(23-15-16)28-13-7-9-17-8-5-6-10-24(17)11-12-25/h14-15,17,25H,5-13H2,1-4H3/t17-/m0/s1. The highest BCUT2D eigenvalue weighted by atomic mass is 32.2. The van der Waals surface area contributed by atoms with Crippen molar-refractivity contribution < 1.29 is 14.4 Å². The van der Waals surface area contributed by atoms with Gasteiger partial charge in [0.2, 0.25) is 0 Å². The van der Waals surface area contributed by atoms with Gasteiger partial charge in [-0.2, -0.15) is 0 Å². The summed E-state index contributed by atoms with van der Waals surface area (Å²) in [4.78, 5) is 11.4. The van der Waals surface area contributed by atoms with Gasteiger partial charge in [0.05, 0.1) is 17.8 Å². The molecule has 156 valence electrons. The van der Waals surface area contributed by atoms with Crippen molar-refractivity contribution in [3.8, 4) is 0 Å². The molecular weight excluding hydrogens is 373 g/mol. The van der Waals surface area contributed by atoms with Crippen LogP contribution in [0.4, 0.5) is 0 Å². The molecule has 0 saturated carbocycles. The molecule has 0 aliphatic carbocycles. The lowest BCUT2D eigenvalue weighted by Gasteiger charge is -2.35. The van der Waals surface area contributed by atoms with Gasteiger partial charge in [-0.05, 0) is 59.9 Å². The molecule has 6 nitrogen and oxygen atoms in total. The number of hydrogen-bond donors (Lipinski definition) is 1. The van der Waals surface area contributed by atoms with Crippen LogP contribution in [0.2, 0.25) is 0 Å². The molecule has 28 heavy (non-hydrogen) atoms. The van der Waals surface area contributed by atoms with E-state index >= 15 is 0 Å². The van der Waals surface area contributed by atoms with Crippen molar-refractivity contribution in [2.45, 2.75) is 82.2 Å². The van der Waals surface area contributed by atoms with Crippen LogP contribution in [-0.2, 0) is 9.31 Å². The number of piperidine rings is 1. The first-order valence-electron chi connectivity index (χ1n) is 10.5. The number of β-amino-alcohol motifs (C(OH)–C–C–N with tert-alkyl or cyclic N) is 1. The SMILES string of the molecule is CC1(C)OB(c2cnc(SCCC[C@@H]3CCCCN3CCO)nc2)OC1(C)C. The van der Waals surface area contributed by atoms with Crippen molar-refractivity contribution in [2.75, 3.05) is 25.4 Å². The summed E-state index contributed by atoms with van der Waals surface area (Å²) < 4.78 is 12.1. The maximum Gasteiger partial charge on any atom is 0.498 e. The molecule has 8 heteroatoms. The summed E-state index contributed by atoms with van der Waals surface area (Å²) >= 11 is 1.70. The Morgan fingerprint density at radius 3 is 2.50 bits per heavy atom. The van der Waals surface area contributed by atoms with Gasteiger partial charge in [-0.3, -0.25) is 4.90 Å². The molecular formula is C20H34BN3O3S. The summed E-state index contributed by atoms with van der Waals surface area (Å²) in [5.41, 5.74) is 0.159. The highest BCUT2D eigenvalue weighted by molar-refractivity contribution is 7.99. The molecule has 2 fully saturated rings. The minimum atomic E-state index is -0.409. The van der Waals surface area contributed by atoms with Crippen LogP contribution in [0.15, 0.2) is 17.6 Å². The van der Waals surface area contributed by atoms with Crippen LogP contribution in [0.3, 0.4) is 0 Å². The second-order valence-corrected chi connectivity index (χ2v) is 9.85. The molecule has 0 unspecified atom stereocenters. The number of thioether (sulfide) groups is 1. The zero-order chi connectivity index (χ0) is 20.2. The third-order valence-electron chi connectivity index (χ3n) is 6.22. The van der Waals surface area contributed by atoms with Gasteiger partial charge in [0.25, 0.3) is 0 Å². The lowest BCUT2D eigenvalue weighted by molar-refractivity contribution is 0.00578. The molecule has 3 heterocycles. The van der Waals surface area contributed by atoms with Crippen LogP contribution >= 0.6 is 11.8 Å². The lowest BCUT2D eigenvalue weighted by Crippen LogP contribution is -2.41. The smallest absolute Gasteiger partial charge is 0.399 e. The van der Waals surface area contributed by atoms with Crippen molar-refractivity contribution in [1.29, 1.82) is 0 Å². The van der Waals surface area contributed by atoms with Crippen LogP contribution < -0.4 is 5.46 Å². The molecule has 0 spiro atoms. The molecule has 1 atom stereocenters. The molecule has 0 radical (unpaired) electrons. The second kappa shape index (κ2) is 9.43. The summed E-state index contributed by atoms with van der Waals surface area (Å²) in [5, 5.41) is 10.0. The number of hydrogen-bond acceptors (Lipinski definition) is 7. The van der Waals surface area contributed by atoms with Crippen molar-refractivity contribution in [3.63, 3.8) is 0 Å². The van der Waals surface area contributed by atoms with Crippen molar-refractivity contribution in [3.05, 3.63) is 12.4 Å². The number of aliphatic hydroxyl groups excluding tert-OH is 1. The molecule has 2 aliphatic rings. The number of likely N-dealkylation sites (tertiary alicyclic amines) is 1. The van der Waals surface area contributed by atoms with E-state index in [2.05, 4.69) is 14.9 Å². The molecule has 3 rings (SSSR count). The molecule has 2 saturated heterocycles. The monoisotopic (exact) mass is 407 g/mol. The molecule has 1 N–H and O–H groups in total. The highest BCUT2D eigenvalue weighted by Crippen LogP contribution is 2.36. The van der Waals surface area contributed by atoms with E-state index in [-0.39, 0.29) is 17.8 Å². The van der Waals surface area contributed by atoms with E-state index < -0.39 is 7.12 Å². The Hall–Kier alpha value is -0.665. The van der Waals surface area contributed by atoms with Crippen LogP contribution in [0.25, 0.3) is 0 Å². The van der Waals surface area contributed by atoms with Gasteiger partial charge in [0.15, 0.2) is 5.16 Å². The molecule has 1 aromatic rings. The number of aromatic nitrogens is 2. The van der Waals surface area contributed by atoms with Gasteiger partial charge in [-0.25, -0.2) is 9.97 Å². The summed E-state index contributed by atoms with van der Waals surface area (Å²) in [6, 6.07) is 0.619. The van der Waals surface area contributed by atoms with E-state index in [4.69, 9.17) is 9.31 Å². The van der Waals surface area contributed by atoms with Crippen LogP contribution in [0.1, 0.15) is 59.8 Å². The van der Waals surface area contributed by atoms with E-state index in [1.54, 1.807) is 11.8 Å². The van der Waals surface area contributed by atoms with E-state index in [0.29, 0.717) is 6.04 Å². The Labute approximate surface area is 173 Å². The Bertz CT molecular complexity index is 612. The van der Waals surface area contributed by atoms with E-state index in [9.17, 15) is 5.11 Å². The predicted octanol–water partition coefficient (Wildman–Crippen LogP) is 2.49. The van der Waals surface area contributed by atoms with Gasteiger partial charge in [-0.1, -0.05) is 18.2 Å². The van der Waals surface area contributed by atoms with E-state index in [0.717, 1.165) is 35.9 Å². The minimum Gasteiger partial charge on any atom is -0.399 e. The first-order valence-corrected chi connectivity index (χ1v) is 11.5. The summed E-state index contributed by atoms with van der Waals surface area (Å²) in [7, 11) is -0.409. The number of nitrogens with zero attached hydrogens (tertiary/aromatic N) is 3. The van der Waals surface area contributed by atoms with Crippen LogP contribution in [0, 0.1) is 0 Å². The summed E-state index contributed by atoms with van der Waals surface area (Å²) in [6.07, 6.45) is 9.78. The fourth-order valence-corrected chi connectivity index (χ4v) is 4.54. The Balaban J connectivity index is 1.44. The van der Waals surface area contributed by atoms with E-state index in [1.165, 1.54) is 25.7 Å². The van der Waals surface area contributed by atoms with Crippen molar-refractivity contribution in [1.82, 2.24) is 14.9 Å². The lowest BCUT2D eigenvalue weighted by atomic mass is 9.81. The molecule has 0 aromatic carbocycles. The first kappa shape index (κ1) is 22.0. The first-order chi connectivity index (χ1) is 13.3. The number of aliphatic hydroxyl groups is 1. The Morgan fingerprint density at radius 1 is 1.18 bits per heavy atom. The quantitative estimate of drug-likeness (QED) is 0.307. The third-order valence-corrected chi connectivity index (χ3v) is 7.18. The van der Waals surface area contributed by atoms with Crippen molar-refractivity contribution >= 4 is 24.3 Å². The molecule has 0 amide bonds. The summed E-state index contributed by atoms with van der Waals surface area (Å²) in [6.45, 7) is 10.4. The largest absolute Gasteiger partial charge is 0.498 e. The summed E-state index contributed by atoms with van der Waals surface area (Å²) in [5.74, 6) is 1.01. The molecule has 1 aromatic heterocycles. The fourth-order valence-electron chi connectivity index (χ4n) is 3.79. The maximum atomic E-state index is 9.23. The van der Waals surface area contributed by atoms with Crippen LogP contribution in [-0.4, -0.2) is 69.8 Å². The zero-order valence-electron chi connectivity index (χ0n) is 17.7. The Kier molecular flexibility index (Phi) is 7.42. The third kappa shape index (κ3) is 5.27. The van der Waals surface area contributed by atoms with Gasteiger partial charge in [0, 0.05) is 36.2 Å². The van der Waals surface area contributed by atoms with Gasteiger partial charge >= 0.3 is 7.12 Å². The average molecular weight is 407 g/mol. The normalized spacial score (nSPS) is 24.6. The predicted molar refractivity (Wildman–Crippen MR) is 114 cm³/mol. The molecule has 0 bridgehead atoms. The molecule has 2 aliphatic heterocycles. The van der Waals surface area contributed by atoms with Crippen molar-refractivity contribution in [2.24, 2.45) is 0 Å². The minimum absolute atomic E-state index is 0.258. The number of rotatable bonds is 8. The fraction of sp³-hybridized carbons (Fsp3) is 0.800. The van der Waals surface area contributed by atoms with Gasteiger partial charge in [0.1, 0.15) is 0 Å². The second-order valence-electron chi connectivity index (χ2n) is 8.79. The van der Waals surface area contributed by atoms with Crippen LogP contribution in [0.5, 0.6) is 0 Å². The topological polar surface area (TPSA) is 67.7 Å².